The van der Waals surface area contributed by atoms with Crippen molar-refractivity contribution in [2.75, 3.05) is 6.54 Å². The largest absolute Gasteiger partial charge is 0.481 e. The van der Waals surface area contributed by atoms with Gasteiger partial charge in [0.1, 0.15) is 5.75 Å². The number of benzene rings is 2. The number of nitrogens with one attached hydrogen (secondary N) is 1. The first-order chi connectivity index (χ1) is 12.0. The predicted molar refractivity (Wildman–Crippen MR) is 103 cm³/mol. The Balaban J connectivity index is 1.69. The molecule has 1 unspecified atom stereocenters. The molecule has 0 aliphatic heterocycles. The van der Waals surface area contributed by atoms with Crippen LogP contribution < -0.4 is 10.1 Å². The Morgan fingerprint density at radius 3 is 2.24 bits per heavy atom. The van der Waals surface area contributed by atoms with E-state index < -0.39 is 6.10 Å². The van der Waals surface area contributed by atoms with Crippen LogP contribution in [-0.4, -0.2) is 18.6 Å². The molecular weight excluding hydrogens is 310 g/mol. The number of ether oxygens (including phenoxy) is 1. The van der Waals surface area contributed by atoms with Gasteiger partial charge in [0, 0.05) is 6.54 Å². The van der Waals surface area contributed by atoms with Crippen molar-refractivity contribution in [2.24, 2.45) is 0 Å². The van der Waals surface area contributed by atoms with E-state index in [0.717, 1.165) is 18.6 Å². The molecule has 1 amide bonds. The number of hydrogen-bond acceptors (Lipinski definition) is 2. The SMILES string of the molecule is Cc1ccc(OC(C)C(=O)NCCCc2ccc(C(C)C)cc2)cc1. The summed E-state index contributed by atoms with van der Waals surface area (Å²) in [6.07, 6.45) is 1.39. The van der Waals surface area contributed by atoms with Crippen LogP contribution in [0.25, 0.3) is 0 Å². The standard InChI is InChI=1S/C22H29NO2/c1-16(2)20-11-9-19(10-12-20)6-5-15-23-22(24)18(4)25-21-13-7-17(3)8-14-21/h7-14,16,18H,5-6,15H2,1-4H3,(H,23,24). The molecule has 0 radical (unpaired) electrons. The monoisotopic (exact) mass is 339 g/mol. The molecule has 25 heavy (non-hydrogen) atoms. The third-order valence-electron chi connectivity index (χ3n) is 4.29. The zero-order valence-corrected chi connectivity index (χ0v) is 15.7. The van der Waals surface area contributed by atoms with Gasteiger partial charge in [0.25, 0.3) is 5.91 Å². The van der Waals surface area contributed by atoms with Gasteiger partial charge in [0.05, 0.1) is 0 Å². The molecule has 3 nitrogen and oxygen atoms in total. The summed E-state index contributed by atoms with van der Waals surface area (Å²) in [5.74, 6) is 1.21. The summed E-state index contributed by atoms with van der Waals surface area (Å²) in [7, 11) is 0. The van der Waals surface area contributed by atoms with Crippen molar-refractivity contribution >= 4 is 5.91 Å². The smallest absolute Gasteiger partial charge is 0.260 e. The van der Waals surface area contributed by atoms with E-state index in [0.29, 0.717) is 12.5 Å². The Morgan fingerprint density at radius 2 is 1.64 bits per heavy atom. The summed E-state index contributed by atoms with van der Waals surface area (Å²) in [6, 6.07) is 16.5. The van der Waals surface area contributed by atoms with Gasteiger partial charge in [-0.1, -0.05) is 55.8 Å². The van der Waals surface area contributed by atoms with Gasteiger partial charge in [-0.3, -0.25) is 4.79 Å². The lowest BCUT2D eigenvalue weighted by Crippen LogP contribution is -2.36. The molecule has 0 spiro atoms. The molecule has 0 aromatic heterocycles. The number of carbonyl (C=O) groups is 1. The van der Waals surface area contributed by atoms with E-state index in [1.165, 1.54) is 16.7 Å². The molecule has 0 bridgehead atoms. The molecule has 2 aromatic rings. The molecule has 0 saturated heterocycles. The molecule has 0 saturated carbocycles. The van der Waals surface area contributed by atoms with Gasteiger partial charge >= 0.3 is 0 Å². The highest BCUT2D eigenvalue weighted by Crippen LogP contribution is 2.15. The van der Waals surface area contributed by atoms with Gasteiger partial charge in [-0.25, -0.2) is 0 Å². The maximum absolute atomic E-state index is 12.1. The predicted octanol–water partition coefficient (Wildman–Crippen LogP) is 4.63. The molecule has 0 fully saturated rings. The molecule has 0 heterocycles. The highest BCUT2D eigenvalue weighted by atomic mass is 16.5. The van der Waals surface area contributed by atoms with Gasteiger partial charge in [0.15, 0.2) is 6.10 Å². The first kappa shape index (κ1) is 19.0. The summed E-state index contributed by atoms with van der Waals surface area (Å²) in [5, 5.41) is 2.95. The van der Waals surface area contributed by atoms with E-state index in [1.807, 2.05) is 31.2 Å². The highest BCUT2D eigenvalue weighted by molar-refractivity contribution is 5.80. The minimum Gasteiger partial charge on any atom is -0.481 e. The minimum absolute atomic E-state index is 0.0734. The second-order valence-electron chi connectivity index (χ2n) is 6.86. The average Bonchev–Trinajstić information content (AvgIpc) is 2.60. The second-order valence-corrected chi connectivity index (χ2v) is 6.86. The van der Waals surface area contributed by atoms with Crippen LogP contribution in [0.2, 0.25) is 0 Å². The quantitative estimate of drug-likeness (QED) is 0.712. The number of carbonyl (C=O) groups excluding carboxylic acids is 1. The van der Waals surface area contributed by atoms with Crippen LogP contribution in [0, 0.1) is 6.92 Å². The average molecular weight is 339 g/mol. The Bertz CT molecular complexity index is 659. The Kier molecular flexibility index (Phi) is 7.05. The van der Waals surface area contributed by atoms with Gasteiger partial charge < -0.3 is 10.1 Å². The van der Waals surface area contributed by atoms with E-state index in [1.54, 1.807) is 6.92 Å². The van der Waals surface area contributed by atoms with Crippen molar-refractivity contribution in [3.63, 3.8) is 0 Å². The lowest BCUT2D eigenvalue weighted by molar-refractivity contribution is -0.127. The maximum atomic E-state index is 12.1. The number of aryl methyl sites for hydroxylation is 2. The fourth-order valence-corrected chi connectivity index (χ4v) is 2.59. The topological polar surface area (TPSA) is 38.3 Å². The van der Waals surface area contributed by atoms with E-state index in [2.05, 4.69) is 43.4 Å². The molecule has 1 atom stereocenters. The molecule has 0 aliphatic rings. The molecule has 134 valence electrons. The lowest BCUT2D eigenvalue weighted by atomic mass is 10.0. The van der Waals surface area contributed by atoms with Crippen molar-refractivity contribution in [1.29, 1.82) is 0 Å². The summed E-state index contributed by atoms with van der Waals surface area (Å²) in [6.45, 7) is 8.86. The second kappa shape index (κ2) is 9.26. The van der Waals surface area contributed by atoms with Crippen LogP contribution in [0.15, 0.2) is 48.5 Å². The van der Waals surface area contributed by atoms with Crippen LogP contribution in [0.5, 0.6) is 5.75 Å². The molecule has 2 aromatic carbocycles. The van der Waals surface area contributed by atoms with Crippen LogP contribution in [0.1, 0.15) is 49.8 Å². The van der Waals surface area contributed by atoms with E-state index in [9.17, 15) is 4.79 Å². The normalized spacial score (nSPS) is 12.0. The first-order valence-corrected chi connectivity index (χ1v) is 9.05. The maximum Gasteiger partial charge on any atom is 0.260 e. The number of amides is 1. The van der Waals surface area contributed by atoms with E-state index in [4.69, 9.17) is 4.74 Å². The fourth-order valence-electron chi connectivity index (χ4n) is 2.59. The number of rotatable bonds is 8. The lowest BCUT2D eigenvalue weighted by Gasteiger charge is -2.15. The molecule has 0 aliphatic carbocycles. The third kappa shape index (κ3) is 6.26. The molecule has 3 heteroatoms. The van der Waals surface area contributed by atoms with Crippen LogP contribution in [0.3, 0.4) is 0 Å². The van der Waals surface area contributed by atoms with Crippen LogP contribution in [-0.2, 0) is 11.2 Å². The van der Waals surface area contributed by atoms with Crippen molar-refractivity contribution in [2.45, 2.75) is 52.6 Å². The third-order valence-corrected chi connectivity index (χ3v) is 4.29. The van der Waals surface area contributed by atoms with E-state index >= 15 is 0 Å². The summed E-state index contributed by atoms with van der Waals surface area (Å²) >= 11 is 0. The van der Waals surface area contributed by atoms with Crippen molar-refractivity contribution < 1.29 is 9.53 Å². The zero-order chi connectivity index (χ0) is 18.2. The van der Waals surface area contributed by atoms with Crippen molar-refractivity contribution in [3.8, 4) is 5.75 Å². The van der Waals surface area contributed by atoms with Crippen molar-refractivity contribution in [1.82, 2.24) is 5.32 Å². The Hall–Kier alpha value is -2.29. The highest BCUT2D eigenvalue weighted by Gasteiger charge is 2.13. The summed E-state index contributed by atoms with van der Waals surface area (Å²) < 4.78 is 5.67. The minimum atomic E-state index is -0.493. The Labute approximate surface area is 151 Å². The summed E-state index contributed by atoms with van der Waals surface area (Å²) in [5.41, 5.74) is 3.84. The molecule has 1 N–H and O–H groups in total. The molecular formula is C22H29NO2. The fraction of sp³-hybridized carbons (Fsp3) is 0.409. The Morgan fingerprint density at radius 1 is 1.00 bits per heavy atom. The van der Waals surface area contributed by atoms with Gasteiger partial charge in [0.2, 0.25) is 0 Å². The van der Waals surface area contributed by atoms with Crippen LogP contribution >= 0.6 is 0 Å². The molecule has 2 rings (SSSR count). The number of hydrogen-bond donors (Lipinski definition) is 1. The summed E-state index contributed by atoms with van der Waals surface area (Å²) in [4.78, 5) is 12.1. The van der Waals surface area contributed by atoms with Gasteiger partial charge in [-0.05, 0) is 55.9 Å². The first-order valence-electron chi connectivity index (χ1n) is 9.05. The van der Waals surface area contributed by atoms with Crippen molar-refractivity contribution in [3.05, 3.63) is 65.2 Å². The van der Waals surface area contributed by atoms with Gasteiger partial charge in [-0.15, -0.1) is 0 Å². The van der Waals surface area contributed by atoms with Gasteiger partial charge in [-0.2, -0.15) is 0 Å². The van der Waals surface area contributed by atoms with E-state index in [-0.39, 0.29) is 5.91 Å². The zero-order valence-electron chi connectivity index (χ0n) is 15.7. The van der Waals surface area contributed by atoms with Crippen LogP contribution in [0.4, 0.5) is 0 Å².